The van der Waals surface area contributed by atoms with Crippen molar-refractivity contribution in [3.05, 3.63) is 248 Å². The molecule has 10 rings (SSSR count). The van der Waals surface area contributed by atoms with Gasteiger partial charge in [0.15, 0.2) is 101 Å². The number of hydrogen-bond acceptors (Lipinski definition) is 33. The van der Waals surface area contributed by atoms with Crippen molar-refractivity contribution in [2.75, 3.05) is 26.2 Å². The number of hydrogen-bond donors (Lipinski definition) is 0. The number of nitrogens with zero attached hydrogens (tertiary/aromatic N) is 16. The minimum absolute atomic E-state index is 0.0906. The smallest absolute Gasteiger partial charge is 0.161 e. The first-order valence-corrected chi connectivity index (χ1v) is 47.0. The second kappa shape index (κ2) is 79.0. The molecule has 0 saturated heterocycles. The van der Waals surface area contributed by atoms with Crippen LogP contribution in [0.1, 0.15) is 117 Å². The highest BCUT2D eigenvalue weighted by atomic mass is 35.5. The monoisotopic (exact) mass is 2070 g/mol. The van der Waals surface area contributed by atoms with Gasteiger partial charge in [-0.3, -0.25) is 157 Å². The molecule has 36 heteroatoms. The van der Waals surface area contributed by atoms with Gasteiger partial charge in [-0.15, -0.1) is 0 Å². The lowest BCUT2D eigenvalue weighted by atomic mass is 9.82. The van der Waals surface area contributed by atoms with Gasteiger partial charge >= 0.3 is 0 Å². The molecule has 1 unspecified atom stereocenters. The summed E-state index contributed by atoms with van der Waals surface area (Å²) in [5, 5.41) is 3.14. The molecule has 10 aromatic carbocycles. The number of aldehydes is 16. The Balaban J connectivity index is 0.000000439. The van der Waals surface area contributed by atoms with Crippen LogP contribution in [-0.2, 0) is 89.6 Å². The molecule has 149 heavy (non-hydrogen) atoms. The molecule has 0 fully saturated rings. The molecule has 10 aromatic rings. The largest absolute Gasteiger partial charge is 0.457 e. The summed E-state index contributed by atoms with van der Waals surface area (Å²) in [6.45, 7) is 16.9. The molecule has 0 N–H and O–H groups in total. The SMILES string of the molecule is CC(CCN=CC=O)CC(C)(C)CN=CC=O.Cc1cc(Cc2ccc(N=CC=O)c(C)c2)ccc1N=CC=O.Cc1cc(Cl)c(N=CC=O)cc1N=CC=O.Cc1cc(N=CC=O)ccc1N=CC=O.O=CC=NCCCCCCCCN=CC=O.O=CC=Nc1ccc(Cc2ccc(N=CC=O)c(Cl)c2)cc1Cl.O=CC=Nc1ccc(Oc2ccc(N=CC=O)cc2)cc1.O=CC=Nc1cccc2c(N=CC=O)cccc12. The van der Waals surface area contributed by atoms with Crippen LogP contribution in [0.2, 0.25) is 15.1 Å². The standard InChI is InChI=1S/C19H18N2O2.C17H12Cl2N2O2.C16H12N2O3.C14H10N2O2.C13H22N2O2.C12H20N2O2.C11H9ClN2O2.C11H10N2O2/c1-14-11-16(3-5-18(14)20-7-9-22)13-17-4-6-19(15(2)12-17)21-8-10-23;18-14-10-12(1-3-16(14)20-5-7-22)9-13-2-4-17(15(19)11-13)21-6-8-23;19-11-9-17-13-1-5-15(6-2-13)21-16-7-3-14(4-8-16)18-10-12-20;17-9-7-15-13-5-1-3-11-12(13)4-2-6-14(11)16-8-10-18;1-12(4-5-14-6-8-16)10-13(2,3)11-15-7-9-17;15-11-9-13-7-5-3-1-2-4-6-8-14-10-12-16;1-8-6-9(12)11(14-3-5-16)7-10(8)13-2-4-15;1-9-8-10(12-4-6-14)2-3-11(9)13-5-7-15/h3-12H,13H2,1-2H3;1-8,10-11H,9H2;1-12H;1-10H;6-9,12H,4-5,10-11H2,1-3H3;9-12H,1-8H2;2-7H,1H3;2-8H,1H3. The Labute approximate surface area is 879 Å². The quantitative estimate of drug-likeness (QED) is 0.0194. The lowest BCUT2D eigenvalue weighted by molar-refractivity contribution is -0.103. The average molecular weight is 2070 g/mol. The first kappa shape index (κ1) is 126. The van der Waals surface area contributed by atoms with E-state index in [2.05, 4.69) is 113 Å². The van der Waals surface area contributed by atoms with Crippen molar-refractivity contribution < 1.29 is 81.4 Å². The van der Waals surface area contributed by atoms with Crippen molar-refractivity contribution in [2.24, 2.45) is 91.2 Å². The van der Waals surface area contributed by atoms with Gasteiger partial charge in [0.2, 0.25) is 0 Å². The molecule has 0 aromatic heterocycles. The van der Waals surface area contributed by atoms with E-state index in [1.165, 1.54) is 98.5 Å². The summed E-state index contributed by atoms with van der Waals surface area (Å²) in [5.74, 6) is 1.84. The van der Waals surface area contributed by atoms with Gasteiger partial charge in [-0.2, -0.15) is 0 Å². The number of benzene rings is 10. The van der Waals surface area contributed by atoms with Gasteiger partial charge in [0.25, 0.3) is 0 Å². The summed E-state index contributed by atoms with van der Waals surface area (Å²) in [5.41, 5.74) is 16.1. The number of fused-ring (bicyclic) bond motifs is 1. The van der Waals surface area contributed by atoms with E-state index in [4.69, 9.17) is 39.5 Å². The second-order valence-corrected chi connectivity index (χ2v) is 32.7. The molecular formula is C113H113Cl3N16O17. The normalized spacial score (nSPS) is 11.5. The summed E-state index contributed by atoms with van der Waals surface area (Å²) >= 11 is 18.2. The number of carbonyl (C=O) groups excluding carboxylic acids is 16. The van der Waals surface area contributed by atoms with Crippen LogP contribution in [0, 0.1) is 39.0 Å². The Kier molecular flexibility index (Phi) is 66.7. The van der Waals surface area contributed by atoms with Crippen LogP contribution in [0.25, 0.3) is 10.8 Å². The fourth-order valence-electron chi connectivity index (χ4n) is 13.1. The van der Waals surface area contributed by atoms with E-state index in [1.807, 2.05) is 100 Å². The van der Waals surface area contributed by atoms with Crippen molar-refractivity contribution >= 4 is 314 Å². The Morgan fingerprint density at radius 3 is 0.906 bits per heavy atom. The fraction of sp³-hybridized carbons (Fsp3) is 0.204. The van der Waals surface area contributed by atoms with Crippen LogP contribution in [-0.4, -0.2) is 226 Å². The molecular weight excluding hydrogens is 1960 g/mol. The highest BCUT2D eigenvalue weighted by molar-refractivity contribution is 6.34. The van der Waals surface area contributed by atoms with Crippen LogP contribution >= 0.6 is 34.8 Å². The first-order valence-electron chi connectivity index (χ1n) is 45.9. The van der Waals surface area contributed by atoms with Gasteiger partial charge in [0.05, 0.1) is 183 Å². The Morgan fingerprint density at radius 2 is 0.544 bits per heavy atom. The Morgan fingerprint density at radius 1 is 0.262 bits per heavy atom. The van der Waals surface area contributed by atoms with E-state index in [0.29, 0.717) is 209 Å². The van der Waals surface area contributed by atoms with E-state index in [-0.39, 0.29) is 5.41 Å². The lowest BCUT2D eigenvalue weighted by Gasteiger charge is -2.25. The molecule has 0 aliphatic rings. The number of aliphatic imine (C=N–C) groups is 16. The summed E-state index contributed by atoms with van der Waals surface area (Å²) in [7, 11) is 0. The third kappa shape index (κ3) is 55.3. The van der Waals surface area contributed by atoms with Crippen molar-refractivity contribution in [3.8, 4) is 11.5 Å². The van der Waals surface area contributed by atoms with Crippen LogP contribution in [0.3, 0.4) is 0 Å². The number of rotatable bonds is 50. The molecule has 0 bridgehead atoms. The molecule has 33 nitrogen and oxygen atoms in total. The average Bonchev–Trinajstić information content (AvgIpc) is 0.803. The maximum absolute atomic E-state index is 10.3. The third-order valence-corrected chi connectivity index (χ3v) is 20.5. The van der Waals surface area contributed by atoms with Gasteiger partial charge in [-0.1, -0.05) is 142 Å². The molecule has 0 heterocycles. The highest BCUT2D eigenvalue weighted by Gasteiger charge is 2.21. The summed E-state index contributed by atoms with van der Waals surface area (Å²) in [6, 6.07) is 56.5. The molecule has 0 aliphatic carbocycles. The zero-order chi connectivity index (χ0) is 109. The number of carbonyl (C=O) groups is 16. The van der Waals surface area contributed by atoms with Crippen LogP contribution in [0.15, 0.2) is 268 Å². The Hall–Kier alpha value is -17.4. The summed E-state index contributed by atoms with van der Waals surface area (Å²) in [4.78, 5) is 226. The molecule has 0 radical (unpaired) electrons. The number of aryl methyl sites for hydroxylation is 4. The van der Waals surface area contributed by atoms with Crippen molar-refractivity contribution in [1.29, 1.82) is 0 Å². The molecule has 0 amide bonds. The maximum Gasteiger partial charge on any atom is 0.161 e. The van der Waals surface area contributed by atoms with Crippen LogP contribution < -0.4 is 4.74 Å². The van der Waals surface area contributed by atoms with Gasteiger partial charge in [-0.25, -0.2) is 0 Å². The number of halogens is 3. The molecule has 0 aliphatic heterocycles. The van der Waals surface area contributed by atoms with E-state index < -0.39 is 0 Å². The van der Waals surface area contributed by atoms with Crippen molar-refractivity contribution in [2.45, 2.75) is 113 Å². The molecule has 1 atom stereocenters. The zero-order valence-corrected chi connectivity index (χ0v) is 85.3. The molecule has 0 spiro atoms. The highest BCUT2D eigenvalue weighted by Crippen LogP contribution is 2.37. The topological polar surface area (TPSA) is 480 Å². The van der Waals surface area contributed by atoms with Crippen molar-refractivity contribution in [3.63, 3.8) is 0 Å². The van der Waals surface area contributed by atoms with Gasteiger partial charge < -0.3 is 4.74 Å². The zero-order valence-electron chi connectivity index (χ0n) is 83.1. The molecule has 0 saturated carbocycles. The van der Waals surface area contributed by atoms with Crippen molar-refractivity contribution in [1.82, 2.24) is 0 Å². The summed E-state index contributed by atoms with van der Waals surface area (Å²) in [6.07, 6.45) is 39.9. The molecule has 768 valence electrons. The minimum atomic E-state index is 0.0906. The lowest BCUT2D eigenvalue weighted by Crippen LogP contribution is -2.20. The number of unbranched alkanes of at least 4 members (excludes halogenated alkanes) is 5. The van der Waals surface area contributed by atoms with Gasteiger partial charge in [-0.05, 0) is 249 Å². The van der Waals surface area contributed by atoms with E-state index in [1.54, 1.807) is 103 Å². The van der Waals surface area contributed by atoms with Gasteiger partial charge in [0, 0.05) is 37.0 Å². The third-order valence-electron chi connectivity index (χ3n) is 19.6. The maximum atomic E-state index is 10.3. The predicted molar refractivity (Wildman–Crippen MR) is 603 cm³/mol. The van der Waals surface area contributed by atoms with Crippen LogP contribution in [0.4, 0.5) is 68.2 Å². The number of ether oxygens (including phenoxy) is 1. The van der Waals surface area contributed by atoms with E-state index in [0.717, 1.165) is 138 Å². The van der Waals surface area contributed by atoms with Crippen LogP contribution in [0.5, 0.6) is 11.5 Å². The van der Waals surface area contributed by atoms with E-state index >= 15 is 0 Å². The van der Waals surface area contributed by atoms with E-state index in [9.17, 15) is 76.7 Å². The Bertz CT molecular complexity index is 6100. The second-order valence-electron chi connectivity index (χ2n) is 31.5. The predicted octanol–water partition coefficient (Wildman–Crippen LogP) is 22.1. The first-order chi connectivity index (χ1) is 72.3. The minimum Gasteiger partial charge on any atom is -0.457 e. The van der Waals surface area contributed by atoms with Gasteiger partial charge in [0.1, 0.15) is 11.5 Å². The summed E-state index contributed by atoms with van der Waals surface area (Å²) < 4.78 is 5.65. The fourth-order valence-corrected chi connectivity index (χ4v) is 13.9.